The quantitative estimate of drug-likeness (QED) is 0.696. The number of nitrogens with one attached hydrogen (secondary N) is 1. The molecule has 0 aliphatic heterocycles. The molecule has 26 heavy (non-hydrogen) atoms. The lowest BCUT2D eigenvalue weighted by Crippen LogP contribution is -2.27. The summed E-state index contributed by atoms with van der Waals surface area (Å²) in [6, 6.07) is 12.8. The highest BCUT2D eigenvalue weighted by Crippen LogP contribution is 2.28. The molecule has 0 aliphatic carbocycles. The summed E-state index contributed by atoms with van der Waals surface area (Å²) in [5, 5.41) is 3.49. The van der Waals surface area contributed by atoms with Gasteiger partial charge in [-0.05, 0) is 36.8 Å². The summed E-state index contributed by atoms with van der Waals surface area (Å²) in [6.07, 6.45) is 3.08. The molecule has 0 radical (unpaired) electrons. The molecule has 0 fully saturated rings. The second-order valence-corrected chi connectivity index (χ2v) is 6.41. The molecule has 3 N–H and O–H groups in total. The average molecular weight is 370 g/mol. The fourth-order valence-electron chi connectivity index (χ4n) is 2.63. The largest absolute Gasteiger partial charge is 0.369 e. The Morgan fingerprint density at radius 2 is 1.88 bits per heavy atom. The van der Waals surface area contributed by atoms with E-state index in [-0.39, 0.29) is 0 Å². The van der Waals surface area contributed by atoms with E-state index in [9.17, 15) is 9.18 Å². The minimum atomic E-state index is -0.725. The third kappa shape index (κ3) is 4.00. The summed E-state index contributed by atoms with van der Waals surface area (Å²) < 4.78 is 14.1. The first-order valence-electron chi connectivity index (χ1n) is 7.97. The van der Waals surface area contributed by atoms with E-state index in [0.29, 0.717) is 21.8 Å². The van der Waals surface area contributed by atoms with Crippen molar-refractivity contribution in [2.75, 3.05) is 5.32 Å². The Balaban J connectivity index is 1.93. The smallest absolute Gasteiger partial charge is 0.244 e. The fourth-order valence-corrected chi connectivity index (χ4v) is 2.80. The number of nitrogens with two attached hydrogens (primary N) is 1. The number of amides is 1. The fraction of sp³-hybridized carbons (Fsp3) is 0.100. The summed E-state index contributed by atoms with van der Waals surface area (Å²) in [5.74, 6) is -0.925. The van der Waals surface area contributed by atoms with Crippen LogP contribution in [0.15, 0.2) is 60.9 Å². The molecule has 0 bridgehead atoms. The van der Waals surface area contributed by atoms with Gasteiger partial charge < -0.3 is 11.1 Å². The van der Waals surface area contributed by atoms with E-state index in [1.165, 1.54) is 24.4 Å². The van der Waals surface area contributed by atoms with Gasteiger partial charge in [0.2, 0.25) is 5.91 Å². The molecule has 4 nitrogen and oxygen atoms in total. The molecule has 0 saturated heterocycles. The predicted molar refractivity (Wildman–Crippen MR) is 101 cm³/mol. The maximum atomic E-state index is 14.1. The number of carbonyl (C=O) groups excluding carboxylic acids is 1. The van der Waals surface area contributed by atoms with E-state index >= 15 is 0 Å². The monoisotopic (exact) mass is 369 g/mol. The first-order valence-corrected chi connectivity index (χ1v) is 8.35. The summed E-state index contributed by atoms with van der Waals surface area (Å²) in [4.78, 5) is 16.0. The van der Waals surface area contributed by atoms with Crippen LogP contribution in [-0.4, -0.2) is 10.9 Å². The third-order valence-electron chi connectivity index (χ3n) is 3.98. The first-order chi connectivity index (χ1) is 12.4. The Hall–Kier alpha value is -2.92. The lowest BCUT2D eigenvalue weighted by atomic mass is 10.0. The molecule has 0 aliphatic rings. The van der Waals surface area contributed by atoms with Gasteiger partial charge in [0, 0.05) is 22.3 Å². The van der Waals surface area contributed by atoms with Crippen LogP contribution in [0.1, 0.15) is 17.2 Å². The van der Waals surface area contributed by atoms with Gasteiger partial charge >= 0.3 is 0 Å². The van der Waals surface area contributed by atoms with Gasteiger partial charge in [0.25, 0.3) is 0 Å². The summed E-state index contributed by atoms with van der Waals surface area (Å²) in [6.45, 7) is 1.96. The number of anilines is 1. The van der Waals surface area contributed by atoms with Gasteiger partial charge in [-0.3, -0.25) is 9.78 Å². The van der Waals surface area contributed by atoms with Crippen LogP contribution in [0.25, 0.3) is 11.1 Å². The second kappa shape index (κ2) is 7.54. The molecule has 0 saturated carbocycles. The number of halogens is 2. The van der Waals surface area contributed by atoms with E-state index in [4.69, 9.17) is 17.3 Å². The maximum Gasteiger partial charge on any atom is 0.244 e. The van der Waals surface area contributed by atoms with Crippen LogP contribution in [-0.2, 0) is 4.79 Å². The van der Waals surface area contributed by atoms with Crippen molar-refractivity contribution in [1.29, 1.82) is 0 Å². The van der Waals surface area contributed by atoms with Gasteiger partial charge in [-0.2, -0.15) is 0 Å². The van der Waals surface area contributed by atoms with Crippen LogP contribution < -0.4 is 11.1 Å². The third-order valence-corrected chi connectivity index (χ3v) is 4.22. The van der Waals surface area contributed by atoms with Gasteiger partial charge in [0.1, 0.15) is 11.9 Å². The average Bonchev–Trinajstić information content (AvgIpc) is 2.63. The molecule has 1 aromatic heterocycles. The van der Waals surface area contributed by atoms with Gasteiger partial charge in [-0.25, -0.2) is 4.39 Å². The van der Waals surface area contributed by atoms with E-state index in [1.54, 1.807) is 12.3 Å². The van der Waals surface area contributed by atoms with Gasteiger partial charge in [0.15, 0.2) is 0 Å². The van der Waals surface area contributed by atoms with Gasteiger partial charge in [0.05, 0.1) is 11.9 Å². The van der Waals surface area contributed by atoms with Crippen LogP contribution in [0.4, 0.5) is 10.1 Å². The topological polar surface area (TPSA) is 68.0 Å². The zero-order chi connectivity index (χ0) is 18.7. The number of aromatic nitrogens is 1. The number of primary amides is 1. The molecule has 132 valence electrons. The van der Waals surface area contributed by atoms with Gasteiger partial charge in [-0.15, -0.1) is 0 Å². The van der Waals surface area contributed by atoms with E-state index < -0.39 is 17.8 Å². The Morgan fingerprint density at radius 1 is 1.15 bits per heavy atom. The number of aryl methyl sites for hydroxylation is 1. The Bertz CT molecular complexity index is 944. The summed E-state index contributed by atoms with van der Waals surface area (Å²) in [7, 11) is 0. The molecular formula is C20H17ClFN3O. The lowest BCUT2D eigenvalue weighted by Gasteiger charge is -2.18. The predicted octanol–water partition coefficient (Wildman–Crippen LogP) is 4.49. The zero-order valence-electron chi connectivity index (χ0n) is 14.0. The minimum absolute atomic E-state index is 0.333. The van der Waals surface area contributed by atoms with Crippen molar-refractivity contribution in [2.45, 2.75) is 13.0 Å². The Kier molecular flexibility index (Phi) is 5.19. The molecule has 3 aromatic rings. The van der Waals surface area contributed by atoms with Crippen molar-refractivity contribution >= 4 is 23.2 Å². The summed E-state index contributed by atoms with van der Waals surface area (Å²) in [5.41, 5.74) is 8.79. The number of benzene rings is 2. The van der Waals surface area contributed by atoms with E-state index in [1.807, 2.05) is 31.2 Å². The van der Waals surface area contributed by atoms with Crippen molar-refractivity contribution in [3.8, 4) is 11.1 Å². The normalized spacial score (nSPS) is 11.8. The van der Waals surface area contributed by atoms with Crippen LogP contribution in [0, 0.1) is 12.7 Å². The van der Waals surface area contributed by atoms with Crippen molar-refractivity contribution < 1.29 is 9.18 Å². The van der Waals surface area contributed by atoms with Crippen molar-refractivity contribution in [2.24, 2.45) is 5.73 Å². The molecule has 6 heteroatoms. The van der Waals surface area contributed by atoms with Crippen LogP contribution >= 0.6 is 11.6 Å². The van der Waals surface area contributed by atoms with Crippen LogP contribution in [0.5, 0.6) is 0 Å². The number of pyridine rings is 1. The van der Waals surface area contributed by atoms with Crippen molar-refractivity contribution in [3.63, 3.8) is 0 Å². The number of nitrogens with zero attached hydrogens (tertiary/aromatic N) is 1. The van der Waals surface area contributed by atoms with E-state index in [2.05, 4.69) is 10.3 Å². The molecule has 1 unspecified atom stereocenters. The Morgan fingerprint density at radius 3 is 2.58 bits per heavy atom. The lowest BCUT2D eigenvalue weighted by molar-refractivity contribution is -0.118. The number of hydrogen-bond donors (Lipinski definition) is 2. The SMILES string of the molecule is Cc1ccc(C(Nc2cncc(-c3cc(Cl)ccc3F)c2)C(N)=O)cc1. The number of rotatable bonds is 5. The van der Waals surface area contributed by atoms with Crippen LogP contribution in [0.2, 0.25) is 5.02 Å². The molecule has 2 aromatic carbocycles. The minimum Gasteiger partial charge on any atom is -0.369 e. The maximum absolute atomic E-state index is 14.1. The van der Waals surface area contributed by atoms with Gasteiger partial charge in [-0.1, -0.05) is 41.4 Å². The highest BCUT2D eigenvalue weighted by Gasteiger charge is 2.18. The van der Waals surface area contributed by atoms with Crippen molar-refractivity contribution in [1.82, 2.24) is 4.98 Å². The highest BCUT2D eigenvalue weighted by atomic mass is 35.5. The zero-order valence-corrected chi connectivity index (χ0v) is 14.8. The summed E-state index contributed by atoms with van der Waals surface area (Å²) >= 11 is 5.96. The Labute approximate surface area is 155 Å². The highest BCUT2D eigenvalue weighted by molar-refractivity contribution is 6.30. The van der Waals surface area contributed by atoms with Crippen molar-refractivity contribution in [3.05, 3.63) is 82.9 Å². The molecule has 1 atom stereocenters. The standard InChI is InChI=1S/C20H17ClFN3O/c1-12-2-4-13(5-3-12)19(20(23)26)25-16-8-14(10-24-11-16)17-9-15(21)6-7-18(17)22/h2-11,19,25H,1H3,(H2,23,26). The van der Waals surface area contributed by atoms with Crippen LogP contribution in [0.3, 0.4) is 0 Å². The number of hydrogen-bond acceptors (Lipinski definition) is 3. The molecule has 1 amide bonds. The molecule has 0 spiro atoms. The molecule has 1 heterocycles. The van der Waals surface area contributed by atoms with E-state index in [0.717, 1.165) is 11.1 Å². The first kappa shape index (κ1) is 17.9. The number of carbonyl (C=O) groups is 1. The second-order valence-electron chi connectivity index (χ2n) is 5.98. The molecule has 3 rings (SSSR count). The molecular weight excluding hydrogens is 353 g/mol.